The largest absolute Gasteiger partial charge is 0.508 e. The number of non-ortho nitro benzene ring substituents is 1. The SMILES string of the molecule is CN(C1=NC(=O)/C(=C/c2cn[nH]c2-c2cccc([N+](=O)[O-])c2)S1)c1ccc(O)cc1. The number of nitro groups is 1. The summed E-state index contributed by atoms with van der Waals surface area (Å²) in [5.41, 5.74) is 2.52. The van der Waals surface area contributed by atoms with E-state index in [4.69, 9.17) is 0 Å². The third-order valence-corrected chi connectivity index (χ3v) is 5.49. The third-order valence-electron chi connectivity index (χ3n) is 4.43. The van der Waals surface area contributed by atoms with Gasteiger partial charge in [0, 0.05) is 36.0 Å². The van der Waals surface area contributed by atoms with Crippen LogP contribution in [0.4, 0.5) is 11.4 Å². The molecule has 2 aromatic carbocycles. The van der Waals surface area contributed by atoms with Crippen molar-refractivity contribution in [1.82, 2.24) is 10.2 Å². The fraction of sp³-hybridized carbons (Fsp3) is 0.0500. The van der Waals surface area contributed by atoms with Crippen molar-refractivity contribution in [3.05, 3.63) is 75.3 Å². The Hall–Kier alpha value is -3.92. The Morgan fingerprint density at radius 2 is 2.00 bits per heavy atom. The van der Waals surface area contributed by atoms with Crippen LogP contribution in [0.25, 0.3) is 17.3 Å². The zero-order chi connectivity index (χ0) is 21.3. The van der Waals surface area contributed by atoms with Gasteiger partial charge in [0.2, 0.25) is 0 Å². The number of nitro benzene ring substituents is 1. The van der Waals surface area contributed by atoms with Gasteiger partial charge in [-0.3, -0.25) is 20.0 Å². The highest BCUT2D eigenvalue weighted by atomic mass is 32.2. The number of hydrogen-bond acceptors (Lipinski definition) is 7. The minimum atomic E-state index is -0.465. The Bertz CT molecular complexity index is 1200. The molecule has 0 saturated heterocycles. The first kappa shape index (κ1) is 19.4. The molecule has 1 aromatic heterocycles. The fourth-order valence-corrected chi connectivity index (χ4v) is 3.77. The highest BCUT2D eigenvalue weighted by molar-refractivity contribution is 8.18. The number of benzene rings is 2. The number of phenols is 1. The molecule has 30 heavy (non-hydrogen) atoms. The average molecular weight is 421 g/mol. The molecule has 0 saturated carbocycles. The van der Waals surface area contributed by atoms with E-state index in [-0.39, 0.29) is 17.3 Å². The molecule has 0 radical (unpaired) electrons. The first-order valence-electron chi connectivity index (χ1n) is 8.76. The van der Waals surface area contributed by atoms with Crippen LogP contribution in [0.15, 0.2) is 64.6 Å². The number of amides is 1. The van der Waals surface area contributed by atoms with E-state index >= 15 is 0 Å². The maximum atomic E-state index is 12.4. The van der Waals surface area contributed by atoms with Crippen LogP contribution < -0.4 is 4.90 Å². The van der Waals surface area contributed by atoms with Crippen molar-refractivity contribution in [2.24, 2.45) is 4.99 Å². The average Bonchev–Trinajstić information content (AvgIpc) is 3.35. The second-order valence-corrected chi connectivity index (χ2v) is 7.40. The number of thioether (sulfide) groups is 1. The van der Waals surface area contributed by atoms with Crippen LogP contribution in [0.1, 0.15) is 5.56 Å². The maximum absolute atomic E-state index is 12.4. The number of aliphatic imine (C=N–C) groups is 1. The van der Waals surface area contributed by atoms with Crippen LogP contribution >= 0.6 is 11.8 Å². The molecule has 1 aliphatic heterocycles. The molecular formula is C20H15N5O4S. The fourth-order valence-electron chi connectivity index (χ4n) is 2.88. The Labute approximate surface area is 174 Å². The van der Waals surface area contributed by atoms with Crippen LogP contribution in [-0.2, 0) is 4.79 Å². The van der Waals surface area contributed by atoms with Crippen LogP contribution in [0.5, 0.6) is 5.75 Å². The predicted octanol–water partition coefficient (Wildman–Crippen LogP) is 3.80. The van der Waals surface area contributed by atoms with Gasteiger partial charge in [-0.2, -0.15) is 10.1 Å². The first-order valence-corrected chi connectivity index (χ1v) is 9.57. The standard InChI is InChI=1S/C20H15N5O4S/c1-24(14-5-7-16(26)8-6-14)20-22-19(27)17(30-20)10-13-11-21-23-18(13)12-3-2-4-15(9-12)25(28)29/h2-11,26H,1H3,(H,21,23)/b17-10-. The monoisotopic (exact) mass is 421 g/mol. The van der Waals surface area contributed by atoms with E-state index in [9.17, 15) is 20.0 Å². The summed E-state index contributed by atoms with van der Waals surface area (Å²) in [7, 11) is 1.78. The second kappa shape index (κ2) is 7.84. The minimum absolute atomic E-state index is 0.0341. The van der Waals surface area contributed by atoms with Gasteiger partial charge in [0.1, 0.15) is 5.75 Å². The summed E-state index contributed by atoms with van der Waals surface area (Å²) < 4.78 is 0. The molecule has 150 valence electrons. The van der Waals surface area contributed by atoms with Gasteiger partial charge in [-0.05, 0) is 42.1 Å². The summed E-state index contributed by atoms with van der Waals surface area (Å²) in [4.78, 5) is 29.3. The van der Waals surface area contributed by atoms with E-state index in [2.05, 4.69) is 15.2 Å². The number of phenolic OH excluding ortho intramolecular Hbond substituents is 1. The number of nitrogens with one attached hydrogen (secondary N) is 1. The Kier molecular flexibility index (Phi) is 5.07. The van der Waals surface area contributed by atoms with Gasteiger partial charge in [-0.25, -0.2) is 0 Å². The summed E-state index contributed by atoms with van der Waals surface area (Å²) in [5, 5.41) is 27.8. The number of aromatic nitrogens is 2. The quantitative estimate of drug-likeness (QED) is 0.373. The summed E-state index contributed by atoms with van der Waals surface area (Å²) in [6, 6.07) is 12.7. The highest BCUT2D eigenvalue weighted by Gasteiger charge is 2.26. The topological polar surface area (TPSA) is 125 Å². The number of nitrogens with zero attached hydrogens (tertiary/aromatic N) is 4. The zero-order valence-electron chi connectivity index (χ0n) is 15.6. The summed E-state index contributed by atoms with van der Waals surface area (Å²) in [6.07, 6.45) is 3.21. The van der Waals surface area contributed by atoms with E-state index in [1.165, 1.54) is 23.9 Å². The smallest absolute Gasteiger partial charge is 0.286 e. The Morgan fingerprint density at radius 1 is 1.23 bits per heavy atom. The van der Waals surface area contributed by atoms with Gasteiger partial charge in [-0.15, -0.1) is 0 Å². The molecule has 10 heteroatoms. The van der Waals surface area contributed by atoms with Crippen LogP contribution in [0.2, 0.25) is 0 Å². The number of carbonyl (C=O) groups is 1. The Balaban J connectivity index is 1.60. The number of hydrogen-bond donors (Lipinski definition) is 2. The van der Waals surface area contributed by atoms with Crippen molar-refractivity contribution in [1.29, 1.82) is 0 Å². The van der Waals surface area contributed by atoms with Gasteiger partial charge in [0.05, 0.1) is 21.7 Å². The maximum Gasteiger partial charge on any atom is 0.286 e. The number of carbonyl (C=O) groups excluding carboxylic acids is 1. The van der Waals surface area contributed by atoms with Crippen LogP contribution in [0, 0.1) is 10.1 Å². The van der Waals surface area contributed by atoms with Crippen molar-refractivity contribution in [2.45, 2.75) is 0 Å². The van der Waals surface area contributed by atoms with Crippen molar-refractivity contribution >= 4 is 40.3 Å². The second-order valence-electron chi connectivity index (χ2n) is 6.39. The van der Waals surface area contributed by atoms with E-state index in [0.717, 1.165) is 5.69 Å². The van der Waals surface area contributed by atoms with Crippen molar-refractivity contribution in [3.8, 4) is 17.0 Å². The summed E-state index contributed by atoms with van der Waals surface area (Å²) in [6.45, 7) is 0. The number of H-pyrrole nitrogens is 1. The molecule has 4 rings (SSSR count). The van der Waals surface area contributed by atoms with Crippen molar-refractivity contribution in [2.75, 3.05) is 11.9 Å². The lowest BCUT2D eigenvalue weighted by Gasteiger charge is -2.17. The molecule has 1 amide bonds. The Morgan fingerprint density at radius 3 is 2.73 bits per heavy atom. The molecule has 0 unspecified atom stereocenters. The lowest BCUT2D eigenvalue weighted by Crippen LogP contribution is -2.21. The van der Waals surface area contributed by atoms with Gasteiger partial charge in [-0.1, -0.05) is 12.1 Å². The van der Waals surface area contributed by atoms with E-state index in [1.807, 2.05) is 0 Å². The molecule has 0 fully saturated rings. The molecule has 2 heterocycles. The summed E-state index contributed by atoms with van der Waals surface area (Å²) >= 11 is 1.21. The number of rotatable bonds is 4. The first-order chi connectivity index (χ1) is 14.4. The van der Waals surface area contributed by atoms with E-state index < -0.39 is 4.92 Å². The normalized spacial score (nSPS) is 14.8. The van der Waals surface area contributed by atoms with E-state index in [1.54, 1.807) is 60.6 Å². The van der Waals surface area contributed by atoms with Crippen LogP contribution in [-0.4, -0.2) is 38.3 Å². The van der Waals surface area contributed by atoms with Gasteiger partial charge < -0.3 is 10.0 Å². The highest BCUT2D eigenvalue weighted by Crippen LogP contribution is 2.34. The molecule has 1 aliphatic rings. The lowest BCUT2D eigenvalue weighted by atomic mass is 10.1. The van der Waals surface area contributed by atoms with Gasteiger partial charge in [0.25, 0.3) is 11.6 Å². The number of amidine groups is 1. The molecule has 0 aliphatic carbocycles. The molecule has 0 bridgehead atoms. The molecule has 9 nitrogen and oxygen atoms in total. The molecule has 3 aromatic rings. The van der Waals surface area contributed by atoms with Crippen molar-refractivity contribution < 1.29 is 14.8 Å². The molecule has 0 atom stereocenters. The number of aromatic amines is 1. The zero-order valence-corrected chi connectivity index (χ0v) is 16.5. The minimum Gasteiger partial charge on any atom is -0.508 e. The van der Waals surface area contributed by atoms with Gasteiger partial charge in [0.15, 0.2) is 5.17 Å². The van der Waals surface area contributed by atoms with Crippen molar-refractivity contribution in [3.63, 3.8) is 0 Å². The third kappa shape index (κ3) is 3.80. The van der Waals surface area contributed by atoms with Crippen LogP contribution in [0.3, 0.4) is 0 Å². The molecule has 0 spiro atoms. The lowest BCUT2D eigenvalue weighted by molar-refractivity contribution is -0.384. The number of aromatic hydroxyl groups is 1. The van der Waals surface area contributed by atoms with E-state index in [0.29, 0.717) is 26.9 Å². The molecular weight excluding hydrogens is 406 g/mol. The summed E-state index contributed by atoms with van der Waals surface area (Å²) in [5.74, 6) is -0.231. The van der Waals surface area contributed by atoms with Gasteiger partial charge >= 0.3 is 0 Å². The molecule has 2 N–H and O–H groups in total. The number of anilines is 1. The predicted molar refractivity (Wildman–Crippen MR) is 115 cm³/mol.